The molecule has 2 unspecified atom stereocenters. The molecule has 0 saturated carbocycles. The lowest BCUT2D eigenvalue weighted by Gasteiger charge is -2.12. The van der Waals surface area contributed by atoms with E-state index in [4.69, 9.17) is 23.7 Å². The predicted octanol–water partition coefficient (Wildman–Crippen LogP) is 1.87. The van der Waals surface area contributed by atoms with E-state index in [9.17, 15) is 0 Å². The molecular formula is C13H16O5. The molecule has 98 valence electrons. The van der Waals surface area contributed by atoms with Crippen molar-refractivity contribution in [2.75, 3.05) is 26.6 Å². The van der Waals surface area contributed by atoms with Gasteiger partial charge >= 0.3 is 0 Å². The lowest BCUT2D eigenvalue weighted by atomic mass is 10.2. The van der Waals surface area contributed by atoms with Crippen LogP contribution in [-0.2, 0) is 14.2 Å². The lowest BCUT2D eigenvalue weighted by Crippen LogP contribution is -2.17. The number of ether oxygens (including phenoxy) is 5. The zero-order valence-electron chi connectivity index (χ0n) is 10.3. The first-order chi connectivity index (χ1) is 8.86. The molecule has 1 aromatic carbocycles. The predicted molar refractivity (Wildman–Crippen MR) is 62.6 cm³/mol. The second-order valence-electron chi connectivity index (χ2n) is 4.20. The van der Waals surface area contributed by atoms with Gasteiger partial charge in [-0.05, 0) is 25.1 Å². The molecule has 5 nitrogen and oxygen atoms in total. The van der Waals surface area contributed by atoms with Gasteiger partial charge in [0.2, 0.25) is 6.79 Å². The lowest BCUT2D eigenvalue weighted by molar-refractivity contribution is -0.0731. The van der Waals surface area contributed by atoms with Gasteiger partial charge in [0.25, 0.3) is 0 Å². The molecule has 0 radical (unpaired) electrons. The summed E-state index contributed by atoms with van der Waals surface area (Å²) in [7, 11) is 0. The summed E-state index contributed by atoms with van der Waals surface area (Å²) in [5.41, 5.74) is 0.943. The van der Waals surface area contributed by atoms with Crippen molar-refractivity contribution >= 4 is 0 Å². The standard InChI is InChI=1S/C13H16O5/c1-2-14-6-10-7-15-13(18-10)9-3-4-11-12(5-9)17-8-16-11/h3-5,10,13H,2,6-8H2,1H3. The number of fused-ring (bicyclic) bond motifs is 1. The van der Waals surface area contributed by atoms with Crippen molar-refractivity contribution in [2.45, 2.75) is 19.3 Å². The summed E-state index contributed by atoms with van der Waals surface area (Å²) >= 11 is 0. The maximum Gasteiger partial charge on any atom is 0.231 e. The van der Waals surface area contributed by atoms with Gasteiger partial charge in [0.1, 0.15) is 6.10 Å². The first-order valence-electron chi connectivity index (χ1n) is 6.11. The summed E-state index contributed by atoms with van der Waals surface area (Å²) in [6.07, 6.45) is -0.342. The normalized spacial score (nSPS) is 25.6. The average molecular weight is 252 g/mol. The van der Waals surface area contributed by atoms with Gasteiger partial charge in [-0.1, -0.05) is 0 Å². The van der Waals surface area contributed by atoms with Crippen LogP contribution in [0.3, 0.4) is 0 Å². The van der Waals surface area contributed by atoms with Crippen molar-refractivity contribution in [1.29, 1.82) is 0 Å². The van der Waals surface area contributed by atoms with Crippen LogP contribution in [-0.4, -0.2) is 32.7 Å². The van der Waals surface area contributed by atoms with E-state index < -0.39 is 0 Å². The quantitative estimate of drug-likeness (QED) is 0.818. The molecule has 0 N–H and O–H groups in total. The summed E-state index contributed by atoms with van der Waals surface area (Å²) < 4.78 is 27.3. The van der Waals surface area contributed by atoms with E-state index in [-0.39, 0.29) is 19.2 Å². The molecule has 2 aliphatic rings. The van der Waals surface area contributed by atoms with Gasteiger partial charge in [0.15, 0.2) is 17.8 Å². The molecule has 1 fully saturated rings. The third-order valence-electron chi connectivity index (χ3n) is 2.93. The van der Waals surface area contributed by atoms with E-state index in [1.807, 2.05) is 25.1 Å². The van der Waals surface area contributed by atoms with Crippen LogP contribution in [0.25, 0.3) is 0 Å². The Morgan fingerprint density at radius 1 is 1.28 bits per heavy atom. The number of hydrogen-bond acceptors (Lipinski definition) is 5. The molecule has 0 aliphatic carbocycles. The van der Waals surface area contributed by atoms with E-state index >= 15 is 0 Å². The molecule has 2 atom stereocenters. The zero-order valence-corrected chi connectivity index (χ0v) is 10.3. The monoisotopic (exact) mass is 252 g/mol. The van der Waals surface area contributed by atoms with Crippen LogP contribution in [0.15, 0.2) is 18.2 Å². The molecule has 2 heterocycles. The summed E-state index contributed by atoms with van der Waals surface area (Å²) in [5.74, 6) is 1.51. The van der Waals surface area contributed by atoms with Crippen molar-refractivity contribution in [3.8, 4) is 11.5 Å². The Morgan fingerprint density at radius 2 is 2.17 bits per heavy atom. The van der Waals surface area contributed by atoms with Gasteiger partial charge < -0.3 is 23.7 Å². The second-order valence-corrected chi connectivity index (χ2v) is 4.20. The Bertz CT molecular complexity index is 420. The fourth-order valence-corrected chi connectivity index (χ4v) is 2.02. The minimum Gasteiger partial charge on any atom is -0.454 e. The fourth-order valence-electron chi connectivity index (χ4n) is 2.02. The van der Waals surface area contributed by atoms with Gasteiger partial charge in [-0.3, -0.25) is 0 Å². The SMILES string of the molecule is CCOCC1COC(c2ccc3c(c2)OCO3)O1. The largest absolute Gasteiger partial charge is 0.454 e. The third-order valence-corrected chi connectivity index (χ3v) is 2.93. The van der Waals surface area contributed by atoms with E-state index in [1.54, 1.807) is 0 Å². The molecule has 1 aromatic rings. The van der Waals surface area contributed by atoms with Gasteiger partial charge in [-0.15, -0.1) is 0 Å². The first kappa shape index (κ1) is 11.8. The highest BCUT2D eigenvalue weighted by Gasteiger charge is 2.28. The molecule has 0 aromatic heterocycles. The molecule has 18 heavy (non-hydrogen) atoms. The number of rotatable bonds is 4. The second kappa shape index (κ2) is 5.14. The molecule has 3 rings (SSSR count). The summed E-state index contributed by atoms with van der Waals surface area (Å²) in [5, 5.41) is 0. The Morgan fingerprint density at radius 3 is 3.06 bits per heavy atom. The van der Waals surface area contributed by atoms with Gasteiger partial charge in [-0.25, -0.2) is 0 Å². The van der Waals surface area contributed by atoms with Crippen molar-refractivity contribution < 1.29 is 23.7 Å². The van der Waals surface area contributed by atoms with Gasteiger partial charge in [0, 0.05) is 12.2 Å². The summed E-state index contributed by atoms with van der Waals surface area (Å²) in [6, 6.07) is 5.71. The van der Waals surface area contributed by atoms with Crippen LogP contribution in [0.2, 0.25) is 0 Å². The Hall–Kier alpha value is -1.30. The zero-order chi connectivity index (χ0) is 12.4. The molecule has 0 amide bonds. The van der Waals surface area contributed by atoms with E-state index in [0.29, 0.717) is 19.8 Å². The van der Waals surface area contributed by atoms with Crippen LogP contribution in [0.5, 0.6) is 11.5 Å². The molecule has 0 spiro atoms. The van der Waals surface area contributed by atoms with Crippen molar-refractivity contribution in [3.63, 3.8) is 0 Å². The molecule has 5 heteroatoms. The van der Waals surface area contributed by atoms with Crippen LogP contribution >= 0.6 is 0 Å². The number of benzene rings is 1. The Kier molecular flexibility index (Phi) is 3.36. The molecular weight excluding hydrogens is 236 g/mol. The maximum atomic E-state index is 5.77. The highest BCUT2D eigenvalue weighted by atomic mass is 16.7. The minimum absolute atomic E-state index is 0.000345. The van der Waals surface area contributed by atoms with Crippen molar-refractivity contribution in [3.05, 3.63) is 23.8 Å². The molecule has 1 saturated heterocycles. The van der Waals surface area contributed by atoms with Gasteiger partial charge in [0.05, 0.1) is 13.2 Å². The highest BCUT2D eigenvalue weighted by Crippen LogP contribution is 2.36. The first-order valence-corrected chi connectivity index (χ1v) is 6.11. The van der Waals surface area contributed by atoms with Crippen LogP contribution < -0.4 is 9.47 Å². The van der Waals surface area contributed by atoms with Crippen LogP contribution in [0, 0.1) is 0 Å². The van der Waals surface area contributed by atoms with E-state index in [2.05, 4.69) is 0 Å². The van der Waals surface area contributed by atoms with E-state index in [1.165, 1.54) is 0 Å². The number of hydrogen-bond donors (Lipinski definition) is 0. The molecule has 2 aliphatic heterocycles. The van der Waals surface area contributed by atoms with Crippen LogP contribution in [0.4, 0.5) is 0 Å². The smallest absolute Gasteiger partial charge is 0.231 e. The topological polar surface area (TPSA) is 46.2 Å². The van der Waals surface area contributed by atoms with Crippen LogP contribution in [0.1, 0.15) is 18.8 Å². The average Bonchev–Trinajstić information content (AvgIpc) is 3.04. The third kappa shape index (κ3) is 2.29. The summed E-state index contributed by atoms with van der Waals surface area (Å²) in [4.78, 5) is 0. The fraction of sp³-hybridized carbons (Fsp3) is 0.538. The van der Waals surface area contributed by atoms with Crippen molar-refractivity contribution in [2.24, 2.45) is 0 Å². The highest BCUT2D eigenvalue weighted by molar-refractivity contribution is 5.44. The van der Waals surface area contributed by atoms with Crippen molar-refractivity contribution in [1.82, 2.24) is 0 Å². The van der Waals surface area contributed by atoms with E-state index in [0.717, 1.165) is 17.1 Å². The summed E-state index contributed by atoms with van der Waals surface area (Å²) in [6.45, 7) is 4.05. The maximum absolute atomic E-state index is 5.77. The Labute approximate surface area is 106 Å². The van der Waals surface area contributed by atoms with Gasteiger partial charge in [-0.2, -0.15) is 0 Å². The molecule has 0 bridgehead atoms. The minimum atomic E-state index is -0.343. The Balaban J connectivity index is 1.65.